The van der Waals surface area contributed by atoms with E-state index in [0.29, 0.717) is 11.1 Å². The third-order valence-electron chi connectivity index (χ3n) is 2.93. The van der Waals surface area contributed by atoms with Gasteiger partial charge in [0.05, 0.1) is 11.8 Å². The fourth-order valence-corrected chi connectivity index (χ4v) is 2.02. The zero-order chi connectivity index (χ0) is 15.0. The van der Waals surface area contributed by atoms with Gasteiger partial charge in [0.15, 0.2) is 5.76 Å². The van der Waals surface area contributed by atoms with E-state index in [1.165, 1.54) is 36.7 Å². The molecule has 2 aromatic rings. The first kappa shape index (κ1) is 13.3. The number of halogens is 2. The average molecular weight is 292 g/mol. The fraction of sp³-hybridized carbons (Fsp3) is 0.143. The number of rotatable bonds is 3. The van der Waals surface area contributed by atoms with Gasteiger partial charge in [0.1, 0.15) is 18.0 Å². The summed E-state index contributed by atoms with van der Waals surface area (Å²) in [5.41, 5.74) is 0.829. The molecule has 1 aromatic heterocycles. The molecule has 108 valence electrons. The third kappa shape index (κ3) is 2.62. The van der Waals surface area contributed by atoms with Crippen LogP contribution < -0.4 is 4.74 Å². The molecule has 1 aromatic carbocycles. The Kier molecular flexibility index (Phi) is 3.17. The summed E-state index contributed by atoms with van der Waals surface area (Å²) in [4.78, 5) is 12.1. The maximum atomic E-state index is 12.2. The Balaban J connectivity index is 1.85. The van der Waals surface area contributed by atoms with Crippen LogP contribution in [-0.2, 0) is 6.54 Å². The summed E-state index contributed by atoms with van der Waals surface area (Å²) in [6, 6.07) is 4.20. The van der Waals surface area contributed by atoms with E-state index in [-0.39, 0.29) is 23.0 Å². The van der Waals surface area contributed by atoms with Crippen molar-refractivity contribution in [2.45, 2.75) is 13.0 Å². The number of fused-ring (bicyclic) bond motifs is 1. The van der Waals surface area contributed by atoms with Gasteiger partial charge in [-0.3, -0.25) is 9.48 Å². The Morgan fingerprint density at radius 2 is 2.24 bits per heavy atom. The highest BCUT2D eigenvalue weighted by molar-refractivity contribution is 6.14. The van der Waals surface area contributed by atoms with Gasteiger partial charge in [-0.1, -0.05) is 0 Å². The van der Waals surface area contributed by atoms with E-state index in [1.54, 1.807) is 0 Å². The number of benzene rings is 1. The second-order valence-electron chi connectivity index (χ2n) is 4.51. The van der Waals surface area contributed by atoms with Crippen LogP contribution >= 0.6 is 0 Å². The lowest BCUT2D eigenvalue weighted by Gasteiger charge is -1.98. The van der Waals surface area contributed by atoms with Gasteiger partial charge in [0, 0.05) is 17.8 Å². The molecule has 0 aliphatic carbocycles. The largest absolute Gasteiger partial charge is 0.508 e. The van der Waals surface area contributed by atoms with E-state index < -0.39 is 13.0 Å². The number of hydrogen-bond donors (Lipinski definition) is 1. The van der Waals surface area contributed by atoms with Crippen molar-refractivity contribution in [3.8, 4) is 11.5 Å². The molecule has 2 heterocycles. The number of carbonyl (C=O) groups excluding carboxylic acids is 1. The standard InChI is InChI=1S/C14H10F2N2O3/c15-13(16)7-18-6-8(5-17-18)3-12-14(20)10-2-1-9(19)4-11(10)21-12/h1-6,13,19H,7H2/b12-3-. The van der Waals surface area contributed by atoms with Gasteiger partial charge in [-0.2, -0.15) is 5.10 Å². The van der Waals surface area contributed by atoms with Crippen molar-refractivity contribution in [2.75, 3.05) is 0 Å². The molecule has 7 heteroatoms. The molecule has 0 fully saturated rings. The molecule has 0 amide bonds. The van der Waals surface area contributed by atoms with Crippen LogP contribution in [0, 0.1) is 0 Å². The number of nitrogens with zero attached hydrogens (tertiary/aromatic N) is 2. The summed E-state index contributed by atoms with van der Waals surface area (Å²) >= 11 is 0. The second kappa shape index (κ2) is 5.01. The number of carbonyl (C=O) groups is 1. The molecule has 3 rings (SSSR count). The predicted molar refractivity (Wildman–Crippen MR) is 69.3 cm³/mol. The van der Waals surface area contributed by atoms with Gasteiger partial charge in [0.2, 0.25) is 5.78 Å². The molecule has 5 nitrogen and oxygen atoms in total. The molecule has 1 aliphatic heterocycles. The van der Waals surface area contributed by atoms with E-state index in [0.717, 1.165) is 4.68 Å². The predicted octanol–water partition coefficient (Wildman–Crippen LogP) is 2.47. The lowest BCUT2D eigenvalue weighted by molar-refractivity contribution is 0.101. The van der Waals surface area contributed by atoms with Crippen LogP contribution in [0.4, 0.5) is 8.78 Å². The molecular weight excluding hydrogens is 282 g/mol. The van der Waals surface area contributed by atoms with Crippen LogP contribution in [0.1, 0.15) is 15.9 Å². The van der Waals surface area contributed by atoms with Crippen molar-refractivity contribution >= 4 is 11.9 Å². The van der Waals surface area contributed by atoms with E-state index in [2.05, 4.69) is 5.10 Å². The Morgan fingerprint density at radius 1 is 1.43 bits per heavy atom. The normalized spacial score (nSPS) is 15.6. The van der Waals surface area contributed by atoms with Crippen molar-refractivity contribution < 1.29 is 23.4 Å². The average Bonchev–Trinajstić information content (AvgIpc) is 2.95. The van der Waals surface area contributed by atoms with Crippen LogP contribution in [-0.4, -0.2) is 27.1 Å². The van der Waals surface area contributed by atoms with E-state index >= 15 is 0 Å². The van der Waals surface area contributed by atoms with Crippen molar-refractivity contribution in [3.05, 3.63) is 47.5 Å². The van der Waals surface area contributed by atoms with Crippen molar-refractivity contribution in [1.82, 2.24) is 9.78 Å². The number of ketones is 1. The smallest absolute Gasteiger partial charge is 0.257 e. The Morgan fingerprint density at radius 3 is 3.00 bits per heavy atom. The monoisotopic (exact) mass is 292 g/mol. The Labute approximate surface area is 118 Å². The minimum atomic E-state index is -2.50. The first-order valence-electron chi connectivity index (χ1n) is 6.11. The van der Waals surface area contributed by atoms with Gasteiger partial charge in [-0.15, -0.1) is 0 Å². The highest BCUT2D eigenvalue weighted by Crippen LogP contribution is 2.34. The summed E-state index contributed by atoms with van der Waals surface area (Å²) in [7, 11) is 0. The van der Waals surface area contributed by atoms with Gasteiger partial charge < -0.3 is 9.84 Å². The van der Waals surface area contributed by atoms with Crippen LogP contribution in [0.15, 0.2) is 36.4 Å². The van der Waals surface area contributed by atoms with Gasteiger partial charge in [-0.05, 0) is 18.2 Å². The second-order valence-corrected chi connectivity index (χ2v) is 4.51. The maximum Gasteiger partial charge on any atom is 0.257 e. The number of phenolic OH excluding ortho intramolecular Hbond substituents is 1. The number of allylic oxidation sites excluding steroid dienone is 1. The number of hydrogen-bond acceptors (Lipinski definition) is 4. The molecule has 1 aliphatic rings. The van der Waals surface area contributed by atoms with Gasteiger partial charge in [-0.25, -0.2) is 8.78 Å². The fourth-order valence-electron chi connectivity index (χ4n) is 2.02. The Hall–Kier alpha value is -2.70. The SMILES string of the molecule is O=C1/C(=C/c2cnn(CC(F)F)c2)Oc2cc(O)ccc21. The number of alkyl halides is 2. The van der Waals surface area contributed by atoms with Crippen molar-refractivity contribution in [3.63, 3.8) is 0 Å². The first-order valence-corrected chi connectivity index (χ1v) is 6.11. The molecule has 0 saturated carbocycles. The zero-order valence-electron chi connectivity index (χ0n) is 10.7. The number of aromatic nitrogens is 2. The topological polar surface area (TPSA) is 64.4 Å². The third-order valence-corrected chi connectivity index (χ3v) is 2.93. The van der Waals surface area contributed by atoms with Crippen LogP contribution in [0.25, 0.3) is 6.08 Å². The van der Waals surface area contributed by atoms with E-state index in [1.807, 2.05) is 0 Å². The number of phenols is 1. The molecule has 0 atom stereocenters. The molecular formula is C14H10F2N2O3. The van der Waals surface area contributed by atoms with Crippen LogP contribution in [0.5, 0.6) is 11.5 Å². The van der Waals surface area contributed by atoms with Crippen molar-refractivity contribution in [2.24, 2.45) is 0 Å². The highest BCUT2D eigenvalue weighted by atomic mass is 19.3. The summed E-state index contributed by atoms with van der Waals surface area (Å²) in [5.74, 6) is -0.00224. The Bertz CT molecular complexity index is 738. The van der Waals surface area contributed by atoms with Crippen LogP contribution in [0.2, 0.25) is 0 Å². The molecule has 0 spiro atoms. The van der Waals surface area contributed by atoms with Crippen molar-refractivity contribution in [1.29, 1.82) is 0 Å². The highest BCUT2D eigenvalue weighted by Gasteiger charge is 2.27. The number of Topliss-reactive ketones (excluding diaryl/α,β-unsaturated/α-hetero) is 1. The van der Waals surface area contributed by atoms with E-state index in [4.69, 9.17) is 4.74 Å². The molecule has 1 N–H and O–H groups in total. The molecule has 0 bridgehead atoms. The summed E-state index contributed by atoms with van der Waals surface area (Å²) in [6.07, 6.45) is 1.69. The van der Waals surface area contributed by atoms with Gasteiger partial charge >= 0.3 is 0 Å². The summed E-state index contributed by atoms with van der Waals surface area (Å²) in [6.45, 7) is -0.508. The number of aromatic hydroxyl groups is 1. The number of ether oxygens (including phenoxy) is 1. The molecule has 0 unspecified atom stereocenters. The molecule has 0 radical (unpaired) electrons. The minimum absolute atomic E-state index is 0.00690. The lowest BCUT2D eigenvalue weighted by Crippen LogP contribution is -2.06. The van der Waals surface area contributed by atoms with Crippen LogP contribution in [0.3, 0.4) is 0 Å². The lowest BCUT2D eigenvalue weighted by atomic mass is 10.1. The summed E-state index contributed by atoms with van der Waals surface area (Å²) < 4.78 is 30.9. The minimum Gasteiger partial charge on any atom is -0.508 e. The summed E-state index contributed by atoms with van der Waals surface area (Å²) in [5, 5.41) is 13.1. The quantitative estimate of drug-likeness (QED) is 0.883. The molecule has 0 saturated heterocycles. The molecule has 21 heavy (non-hydrogen) atoms. The zero-order valence-corrected chi connectivity index (χ0v) is 10.7. The first-order chi connectivity index (χ1) is 10.0. The maximum absolute atomic E-state index is 12.2. The van der Waals surface area contributed by atoms with E-state index in [9.17, 15) is 18.7 Å². The van der Waals surface area contributed by atoms with Gasteiger partial charge in [0.25, 0.3) is 6.43 Å².